The van der Waals surface area contributed by atoms with Gasteiger partial charge in [0.1, 0.15) is 0 Å². The Morgan fingerprint density at radius 3 is 2.37 bits per heavy atom. The summed E-state index contributed by atoms with van der Waals surface area (Å²) in [6.45, 7) is 11.4. The third-order valence-electron chi connectivity index (χ3n) is 5.86. The van der Waals surface area contributed by atoms with Crippen LogP contribution in [0.15, 0.2) is 78.0 Å². The summed E-state index contributed by atoms with van der Waals surface area (Å²) in [5.74, 6) is 0. The summed E-state index contributed by atoms with van der Waals surface area (Å²) in [5.41, 5.74) is 9.50. The maximum absolute atomic E-state index is 3.63. The minimum absolute atomic E-state index is 0.0399. The number of allylic oxidation sites excluding steroid dienone is 5. The highest BCUT2D eigenvalue weighted by molar-refractivity contribution is 5.82. The predicted molar refractivity (Wildman–Crippen MR) is 117 cm³/mol. The first-order valence-corrected chi connectivity index (χ1v) is 9.87. The molecule has 0 bridgehead atoms. The average Bonchev–Trinajstić information content (AvgIpc) is 2.78. The molecule has 2 aliphatic rings. The monoisotopic (exact) mass is 355 g/mol. The van der Waals surface area contributed by atoms with Gasteiger partial charge in [-0.3, -0.25) is 0 Å². The number of hydrogen-bond acceptors (Lipinski definition) is 1. The van der Waals surface area contributed by atoms with Crippen LogP contribution in [0.4, 0.5) is 5.69 Å². The van der Waals surface area contributed by atoms with Gasteiger partial charge in [-0.15, -0.1) is 0 Å². The number of anilines is 1. The van der Waals surface area contributed by atoms with E-state index in [1.807, 2.05) is 0 Å². The van der Waals surface area contributed by atoms with Gasteiger partial charge in [-0.2, -0.15) is 0 Å². The van der Waals surface area contributed by atoms with Gasteiger partial charge >= 0.3 is 0 Å². The standard InChI is InChI=1S/C26H29N/c1-25(2,3)18-9-8-10-19(14-13-18)27-20-15-16-22-21-11-6-7-12-23(21)26(4,5)24(22)17-20/h6-7,9-17,27H,8H2,1-5H3. The molecule has 0 fully saturated rings. The van der Waals surface area contributed by atoms with E-state index >= 15 is 0 Å². The molecule has 2 aromatic carbocycles. The molecule has 0 saturated heterocycles. The van der Waals surface area contributed by atoms with Crippen LogP contribution in [0.25, 0.3) is 11.1 Å². The van der Waals surface area contributed by atoms with E-state index < -0.39 is 0 Å². The van der Waals surface area contributed by atoms with Crippen molar-refractivity contribution in [3.8, 4) is 11.1 Å². The molecular weight excluding hydrogens is 326 g/mol. The molecular formula is C26H29N. The van der Waals surface area contributed by atoms with Crippen LogP contribution in [0.3, 0.4) is 0 Å². The summed E-state index contributed by atoms with van der Waals surface area (Å²) in [6.07, 6.45) is 10.0. The normalized spacial score (nSPS) is 17.5. The third kappa shape index (κ3) is 3.16. The summed E-state index contributed by atoms with van der Waals surface area (Å²) in [6, 6.07) is 15.6. The van der Waals surface area contributed by atoms with Gasteiger partial charge in [0.15, 0.2) is 0 Å². The van der Waals surface area contributed by atoms with E-state index in [1.165, 1.54) is 33.5 Å². The first-order valence-electron chi connectivity index (χ1n) is 9.87. The second kappa shape index (κ2) is 6.27. The minimum atomic E-state index is 0.0399. The molecule has 0 radical (unpaired) electrons. The second-order valence-electron chi connectivity index (χ2n) is 9.19. The topological polar surface area (TPSA) is 12.0 Å². The lowest BCUT2D eigenvalue weighted by Gasteiger charge is -2.22. The van der Waals surface area contributed by atoms with E-state index in [0.29, 0.717) is 0 Å². The zero-order valence-corrected chi connectivity index (χ0v) is 17.1. The fourth-order valence-electron chi connectivity index (χ4n) is 4.23. The van der Waals surface area contributed by atoms with E-state index in [1.54, 1.807) is 0 Å². The fraction of sp³-hybridized carbons (Fsp3) is 0.308. The van der Waals surface area contributed by atoms with Crippen molar-refractivity contribution in [2.45, 2.75) is 46.5 Å². The van der Waals surface area contributed by atoms with Crippen molar-refractivity contribution in [1.82, 2.24) is 0 Å². The fourth-order valence-corrected chi connectivity index (χ4v) is 4.23. The molecule has 0 saturated carbocycles. The van der Waals surface area contributed by atoms with E-state index in [0.717, 1.165) is 12.1 Å². The lowest BCUT2D eigenvalue weighted by Crippen LogP contribution is -2.15. The Balaban J connectivity index is 1.62. The van der Waals surface area contributed by atoms with E-state index in [9.17, 15) is 0 Å². The lowest BCUT2D eigenvalue weighted by atomic mass is 9.82. The zero-order chi connectivity index (χ0) is 19.2. The van der Waals surface area contributed by atoms with E-state index in [2.05, 4.69) is 107 Å². The number of hydrogen-bond donors (Lipinski definition) is 1. The molecule has 0 atom stereocenters. The van der Waals surface area contributed by atoms with Crippen molar-refractivity contribution in [2.75, 3.05) is 5.32 Å². The van der Waals surface area contributed by atoms with Crippen LogP contribution in [-0.4, -0.2) is 0 Å². The molecule has 0 spiro atoms. The van der Waals surface area contributed by atoms with Crippen LogP contribution in [0.1, 0.15) is 52.2 Å². The van der Waals surface area contributed by atoms with Gasteiger partial charge in [0.05, 0.1) is 0 Å². The van der Waals surface area contributed by atoms with Crippen molar-refractivity contribution >= 4 is 5.69 Å². The largest absolute Gasteiger partial charge is 0.356 e. The predicted octanol–water partition coefficient (Wildman–Crippen LogP) is 7.22. The van der Waals surface area contributed by atoms with Gasteiger partial charge in [0, 0.05) is 16.8 Å². The van der Waals surface area contributed by atoms with E-state index in [4.69, 9.17) is 0 Å². The quantitative estimate of drug-likeness (QED) is 0.599. The van der Waals surface area contributed by atoms with Gasteiger partial charge in [0.2, 0.25) is 0 Å². The van der Waals surface area contributed by atoms with Gasteiger partial charge in [-0.05, 0) is 57.9 Å². The lowest BCUT2D eigenvalue weighted by molar-refractivity contribution is 0.515. The molecule has 2 aliphatic carbocycles. The van der Waals surface area contributed by atoms with Crippen molar-refractivity contribution < 1.29 is 0 Å². The van der Waals surface area contributed by atoms with Crippen molar-refractivity contribution in [3.63, 3.8) is 0 Å². The second-order valence-corrected chi connectivity index (χ2v) is 9.19. The van der Waals surface area contributed by atoms with Crippen molar-refractivity contribution in [3.05, 3.63) is 89.2 Å². The highest BCUT2D eigenvalue weighted by Gasteiger charge is 2.35. The van der Waals surface area contributed by atoms with Crippen molar-refractivity contribution in [1.29, 1.82) is 0 Å². The van der Waals surface area contributed by atoms with Crippen LogP contribution >= 0.6 is 0 Å². The Kier molecular flexibility index (Phi) is 4.14. The number of nitrogens with one attached hydrogen (secondary N) is 1. The Morgan fingerprint density at radius 1 is 0.852 bits per heavy atom. The SMILES string of the molecule is CC(C)(C)C1=CCC=C(Nc2ccc3c(c2)C(C)(C)c2ccccc2-3)C=C1. The molecule has 0 unspecified atom stereocenters. The summed E-state index contributed by atoms with van der Waals surface area (Å²) >= 11 is 0. The molecule has 1 N–H and O–H groups in total. The van der Waals surface area contributed by atoms with Gasteiger partial charge < -0.3 is 5.32 Å². The Morgan fingerprint density at radius 2 is 1.59 bits per heavy atom. The highest BCUT2D eigenvalue weighted by Crippen LogP contribution is 2.49. The van der Waals surface area contributed by atoms with Crippen LogP contribution in [0.5, 0.6) is 0 Å². The zero-order valence-electron chi connectivity index (χ0n) is 17.1. The number of fused-ring (bicyclic) bond motifs is 3. The molecule has 0 amide bonds. The van der Waals surface area contributed by atoms with Gasteiger partial charge in [-0.25, -0.2) is 0 Å². The molecule has 4 rings (SSSR count). The molecule has 0 aliphatic heterocycles. The van der Waals surface area contributed by atoms with E-state index in [-0.39, 0.29) is 10.8 Å². The molecule has 0 aromatic heterocycles. The van der Waals surface area contributed by atoms with Gasteiger partial charge in [0.25, 0.3) is 0 Å². The third-order valence-corrected chi connectivity index (χ3v) is 5.86. The molecule has 138 valence electrons. The Bertz CT molecular complexity index is 978. The molecule has 1 nitrogen and oxygen atoms in total. The number of benzene rings is 2. The highest BCUT2D eigenvalue weighted by atomic mass is 14.9. The van der Waals surface area contributed by atoms with Crippen LogP contribution in [0, 0.1) is 5.41 Å². The Hall–Kier alpha value is -2.54. The van der Waals surface area contributed by atoms with Crippen LogP contribution < -0.4 is 5.32 Å². The van der Waals surface area contributed by atoms with Gasteiger partial charge in [-0.1, -0.05) is 83.2 Å². The Labute approximate surface area is 163 Å². The van der Waals surface area contributed by atoms with Crippen LogP contribution in [-0.2, 0) is 5.41 Å². The smallest absolute Gasteiger partial charge is 0.0387 e. The molecule has 27 heavy (non-hydrogen) atoms. The first-order chi connectivity index (χ1) is 12.8. The summed E-state index contributed by atoms with van der Waals surface area (Å²) in [7, 11) is 0. The minimum Gasteiger partial charge on any atom is -0.356 e. The summed E-state index contributed by atoms with van der Waals surface area (Å²) < 4.78 is 0. The molecule has 2 aromatic rings. The summed E-state index contributed by atoms with van der Waals surface area (Å²) in [5, 5.41) is 3.63. The average molecular weight is 356 g/mol. The maximum atomic E-state index is 3.63. The molecule has 0 heterocycles. The first kappa shape index (κ1) is 17.9. The maximum Gasteiger partial charge on any atom is 0.0387 e. The number of rotatable bonds is 2. The summed E-state index contributed by atoms with van der Waals surface area (Å²) in [4.78, 5) is 0. The van der Waals surface area contributed by atoms with Crippen molar-refractivity contribution in [2.24, 2.45) is 5.41 Å². The molecule has 1 heteroatoms. The van der Waals surface area contributed by atoms with Crippen LogP contribution in [0.2, 0.25) is 0 Å².